The number of aromatic nitrogens is 3. The van der Waals surface area contributed by atoms with E-state index in [2.05, 4.69) is 45.1 Å². The highest BCUT2D eigenvalue weighted by atomic mass is 16.3. The second kappa shape index (κ2) is 8.70. The second-order valence-electron chi connectivity index (χ2n) is 8.81. The Hall–Kier alpha value is -3.27. The van der Waals surface area contributed by atoms with E-state index in [4.69, 9.17) is 4.98 Å². The van der Waals surface area contributed by atoms with E-state index in [9.17, 15) is 5.11 Å². The van der Waals surface area contributed by atoms with Gasteiger partial charge in [-0.15, -0.1) is 0 Å². The molecule has 6 nitrogen and oxygen atoms in total. The summed E-state index contributed by atoms with van der Waals surface area (Å²) in [6.07, 6.45) is 9.05. The zero-order valence-electron chi connectivity index (χ0n) is 18.3. The van der Waals surface area contributed by atoms with Gasteiger partial charge in [0.1, 0.15) is 11.4 Å². The van der Waals surface area contributed by atoms with Crippen molar-refractivity contribution in [3.05, 3.63) is 60.6 Å². The Morgan fingerprint density at radius 2 is 1.91 bits per heavy atom. The molecule has 3 aromatic rings. The van der Waals surface area contributed by atoms with E-state index in [0.717, 1.165) is 47.0 Å². The lowest BCUT2D eigenvalue weighted by Crippen LogP contribution is -2.41. The standard InChI is InChI=1S/C26H27N5O/c1-31-12-9-26(32,10-13-31)8-7-19-14-21(18-27-17-19)20-15-24(23-4-2-3-11-28-23)30-25(16-20)29-22-5-6-22/h2-4,11,14-18,22,32H,5-6,9-10,12-13H2,1H3,(H,29,30). The van der Waals surface area contributed by atoms with Gasteiger partial charge in [0.2, 0.25) is 0 Å². The lowest BCUT2D eigenvalue weighted by molar-refractivity contribution is 0.0350. The lowest BCUT2D eigenvalue weighted by atomic mass is 9.92. The van der Waals surface area contributed by atoms with E-state index in [1.807, 2.05) is 36.5 Å². The van der Waals surface area contributed by atoms with Crippen LogP contribution in [0.1, 0.15) is 31.2 Å². The highest BCUT2D eigenvalue weighted by Crippen LogP contribution is 2.30. The molecule has 162 valence electrons. The Balaban J connectivity index is 1.46. The van der Waals surface area contributed by atoms with Gasteiger partial charge in [-0.2, -0.15) is 0 Å². The van der Waals surface area contributed by atoms with Gasteiger partial charge in [-0.1, -0.05) is 17.9 Å². The fourth-order valence-corrected chi connectivity index (χ4v) is 3.82. The number of nitrogens with zero attached hydrogens (tertiary/aromatic N) is 4. The van der Waals surface area contributed by atoms with Crippen molar-refractivity contribution in [2.24, 2.45) is 0 Å². The third-order valence-corrected chi connectivity index (χ3v) is 6.01. The van der Waals surface area contributed by atoms with E-state index < -0.39 is 5.60 Å². The molecule has 2 N–H and O–H groups in total. The molecule has 32 heavy (non-hydrogen) atoms. The molecule has 0 unspecified atom stereocenters. The van der Waals surface area contributed by atoms with Gasteiger partial charge in [0, 0.05) is 61.7 Å². The summed E-state index contributed by atoms with van der Waals surface area (Å²) in [5, 5.41) is 14.3. The van der Waals surface area contributed by atoms with Crippen LogP contribution in [-0.2, 0) is 0 Å². The van der Waals surface area contributed by atoms with Crippen molar-refractivity contribution in [1.29, 1.82) is 0 Å². The van der Waals surface area contributed by atoms with Gasteiger partial charge in [-0.25, -0.2) is 4.98 Å². The lowest BCUT2D eigenvalue weighted by Gasteiger charge is -2.32. The van der Waals surface area contributed by atoms with Gasteiger partial charge in [-0.3, -0.25) is 9.97 Å². The summed E-state index contributed by atoms with van der Waals surface area (Å²) in [5.74, 6) is 7.11. The molecule has 6 heteroatoms. The molecular formula is C26H27N5O. The van der Waals surface area contributed by atoms with Crippen LogP contribution in [-0.4, -0.2) is 56.7 Å². The van der Waals surface area contributed by atoms with Crippen molar-refractivity contribution in [2.75, 3.05) is 25.5 Å². The summed E-state index contributed by atoms with van der Waals surface area (Å²) < 4.78 is 0. The molecule has 2 fully saturated rings. The molecule has 0 radical (unpaired) electrons. The summed E-state index contributed by atoms with van der Waals surface area (Å²) in [7, 11) is 2.07. The highest BCUT2D eigenvalue weighted by Gasteiger charge is 2.29. The predicted molar refractivity (Wildman–Crippen MR) is 126 cm³/mol. The first-order valence-corrected chi connectivity index (χ1v) is 11.2. The van der Waals surface area contributed by atoms with Crippen LogP contribution in [0.2, 0.25) is 0 Å². The molecule has 1 aliphatic carbocycles. The van der Waals surface area contributed by atoms with Crippen LogP contribution in [0.3, 0.4) is 0 Å². The highest BCUT2D eigenvalue weighted by molar-refractivity contribution is 5.73. The molecule has 0 spiro atoms. The smallest absolute Gasteiger partial charge is 0.128 e. The van der Waals surface area contributed by atoms with Crippen LogP contribution in [0, 0.1) is 11.8 Å². The minimum absolute atomic E-state index is 0.500. The Kier molecular flexibility index (Phi) is 5.60. The number of pyridine rings is 3. The molecule has 0 atom stereocenters. The Bertz CT molecular complexity index is 1160. The molecule has 1 aliphatic heterocycles. The van der Waals surface area contributed by atoms with Crippen LogP contribution in [0.4, 0.5) is 5.82 Å². The van der Waals surface area contributed by atoms with Crippen LogP contribution < -0.4 is 5.32 Å². The first-order valence-electron chi connectivity index (χ1n) is 11.2. The molecule has 1 saturated carbocycles. The molecule has 0 amide bonds. The molecule has 0 aromatic carbocycles. The van der Waals surface area contributed by atoms with Gasteiger partial charge >= 0.3 is 0 Å². The van der Waals surface area contributed by atoms with Gasteiger partial charge < -0.3 is 15.3 Å². The summed E-state index contributed by atoms with van der Waals surface area (Å²) in [4.78, 5) is 15.9. The molecule has 5 rings (SSSR count). The maximum atomic E-state index is 10.8. The van der Waals surface area contributed by atoms with Crippen molar-refractivity contribution in [1.82, 2.24) is 19.9 Å². The largest absolute Gasteiger partial charge is 0.377 e. The van der Waals surface area contributed by atoms with Gasteiger partial charge in [0.05, 0.1) is 11.4 Å². The van der Waals surface area contributed by atoms with E-state index in [1.54, 1.807) is 12.4 Å². The van der Waals surface area contributed by atoms with E-state index in [-0.39, 0.29) is 0 Å². The van der Waals surface area contributed by atoms with Crippen molar-refractivity contribution < 1.29 is 5.11 Å². The first-order chi connectivity index (χ1) is 15.6. The van der Waals surface area contributed by atoms with Gasteiger partial charge in [-0.05, 0) is 55.8 Å². The third-order valence-electron chi connectivity index (χ3n) is 6.01. The van der Waals surface area contributed by atoms with E-state index >= 15 is 0 Å². The van der Waals surface area contributed by atoms with Gasteiger partial charge in [0.15, 0.2) is 0 Å². The normalized spacial score (nSPS) is 17.9. The number of hydrogen-bond acceptors (Lipinski definition) is 6. The van der Waals surface area contributed by atoms with Crippen LogP contribution in [0.25, 0.3) is 22.5 Å². The summed E-state index contributed by atoms with van der Waals surface area (Å²) >= 11 is 0. The first kappa shape index (κ1) is 20.6. The summed E-state index contributed by atoms with van der Waals surface area (Å²) in [6, 6.07) is 12.5. The maximum Gasteiger partial charge on any atom is 0.128 e. The Morgan fingerprint density at radius 1 is 1.06 bits per heavy atom. The number of anilines is 1. The molecular weight excluding hydrogens is 398 g/mol. The minimum Gasteiger partial charge on any atom is -0.377 e. The average Bonchev–Trinajstić information content (AvgIpc) is 3.65. The number of hydrogen-bond donors (Lipinski definition) is 2. The van der Waals surface area contributed by atoms with Crippen molar-refractivity contribution in [3.63, 3.8) is 0 Å². The zero-order valence-corrected chi connectivity index (χ0v) is 18.3. The topological polar surface area (TPSA) is 74.2 Å². The summed E-state index contributed by atoms with van der Waals surface area (Å²) in [5.41, 5.74) is 3.50. The second-order valence-corrected chi connectivity index (χ2v) is 8.81. The molecule has 4 heterocycles. The molecule has 1 saturated heterocycles. The van der Waals surface area contributed by atoms with Crippen LogP contribution in [0.5, 0.6) is 0 Å². The Labute approximate surface area is 188 Å². The maximum absolute atomic E-state index is 10.8. The summed E-state index contributed by atoms with van der Waals surface area (Å²) in [6.45, 7) is 1.71. The zero-order chi connectivity index (χ0) is 22.0. The molecule has 2 aliphatic rings. The number of likely N-dealkylation sites (tertiary alicyclic amines) is 1. The van der Waals surface area contributed by atoms with Gasteiger partial charge in [0.25, 0.3) is 0 Å². The number of aliphatic hydroxyl groups is 1. The van der Waals surface area contributed by atoms with Crippen LogP contribution >= 0.6 is 0 Å². The quantitative estimate of drug-likeness (QED) is 0.623. The minimum atomic E-state index is -0.924. The molecule has 3 aromatic heterocycles. The van der Waals surface area contributed by atoms with E-state index in [1.165, 1.54) is 12.8 Å². The monoisotopic (exact) mass is 425 g/mol. The predicted octanol–water partition coefficient (Wildman–Crippen LogP) is 3.59. The third kappa shape index (κ3) is 4.96. The molecule has 0 bridgehead atoms. The van der Waals surface area contributed by atoms with Crippen molar-refractivity contribution in [2.45, 2.75) is 37.3 Å². The van der Waals surface area contributed by atoms with Crippen molar-refractivity contribution in [3.8, 4) is 34.4 Å². The number of nitrogens with one attached hydrogen (secondary N) is 1. The SMILES string of the molecule is CN1CCC(O)(C#Cc2cncc(-c3cc(NC4CC4)nc(-c4ccccn4)c3)c2)CC1. The van der Waals surface area contributed by atoms with E-state index in [0.29, 0.717) is 18.9 Å². The fraction of sp³-hybridized carbons (Fsp3) is 0.346. The average molecular weight is 426 g/mol. The number of rotatable bonds is 4. The Morgan fingerprint density at radius 3 is 2.66 bits per heavy atom. The number of piperidine rings is 1. The van der Waals surface area contributed by atoms with Crippen molar-refractivity contribution >= 4 is 5.82 Å². The van der Waals surface area contributed by atoms with Crippen LogP contribution in [0.15, 0.2) is 55.0 Å². The fourth-order valence-electron chi connectivity index (χ4n) is 3.82.